The third-order valence-corrected chi connectivity index (χ3v) is 11.6. The summed E-state index contributed by atoms with van der Waals surface area (Å²) in [6.07, 6.45) is 0. The van der Waals surface area contributed by atoms with Crippen LogP contribution in [0.25, 0.3) is 78.4 Å². The minimum Gasteiger partial charge on any atom is -0.228 e. The Morgan fingerprint density at radius 1 is 0.255 bits per heavy atom. The van der Waals surface area contributed by atoms with Gasteiger partial charge in [-0.05, 0) is 78.9 Å². The molecule has 0 unspecified atom stereocenters. The molecule has 11 rings (SSSR count). The van der Waals surface area contributed by atoms with Gasteiger partial charge in [-0.1, -0.05) is 194 Å². The first kappa shape index (κ1) is 31.4. The molecular weight excluding hydrogens is 665 g/mol. The zero-order valence-electron chi connectivity index (χ0n) is 30.0. The Morgan fingerprint density at radius 2 is 0.618 bits per heavy atom. The maximum Gasteiger partial charge on any atom is 0.160 e. The number of hydrogen-bond donors (Lipinski definition) is 0. The van der Waals surface area contributed by atoms with Crippen LogP contribution in [0.15, 0.2) is 206 Å². The van der Waals surface area contributed by atoms with Crippen LogP contribution in [0.1, 0.15) is 22.3 Å². The van der Waals surface area contributed by atoms with E-state index < -0.39 is 5.41 Å². The van der Waals surface area contributed by atoms with Crippen molar-refractivity contribution in [3.63, 3.8) is 0 Å². The molecule has 1 heterocycles. The monoisotopic (exact) mass is 698 g/mol. The van der Waals surface area contributed by atoms with Gasteiger partial charge in [-0.25, -0.2) is 9.97 Å². The van der Waals surface area contributed by atoms with Crippen LogP contribution in [0.5, 0.6) is 0 Å². The summed E-state index contributed by atoms with van der Waals surface area (Å²) >= 11 is 0. The van der Waals surface area contributed by atoms with Gasteiger partial charge in [-0.15, -0.1) is 0 Å². The van der Waals surface area contributed by atoms with Gasteiger partial charge < -0.3 is 0 Å². The highest BCUT2D eigenvalue weighted by atomic mass is 14.9. The lowest BCUT2D eigenvalue weighted by Crippen LogP contribution is -2.29. The average molecular weight is 699 g/mol. The van der Waals surface area contributed by atoms with Crippen molar-refractivity contribution in [2.45, 2.75) is 5.41 Å². The van der Waals surface area contributed by atoms with Crippen LogP contribution in [0, 0.1) is 0 Å². The molecule has 1 spiro atoms. The van der Waals surface area contributed by atoms with Crippen molar-refractivity contribution < 1.29 is 0 Å². The molecule has 2 aliphatic carbocycles. The van der Waals surface area contributed by atoms with Crippen LogP contribution in [0.4, 0.5) is 0 Å². The van der Waals surface area contributed by atoms with Crippen LogP contribution >= 0.6 is 0 Å². The second-order valence-corrected chi connectivity index (χ2v) is 14.5. The Bertz CT molecular complexity index is 2860. The van der Waals surface area contributed by atoms with E-state index in [1.54, 1.807) is 0 Å². The fourth-order valence-corrected chi connectivity index (χ4v) is 9.13. The second-order valence-electron chi connectivity index (χ2n) is 14.5. The number of fused-ring (bicyclic) bond motifs is 12. The van der Waals surface area contributed by atoms with Gasteiger partial charge in [0, 0.05) is 16.7 Å². The Labute approximate surface area is 321 Å². The summed E-state index contributed by atoms with van der Waals surface area (Å²) in [5, 5.41) is 0. The van der Waals surface area contributed by atoms with Gasteiger partial charge in [-0.2, -0.15) is 0 Å². The molecule has 0 atom stereocenters. The topological polar surface area (TPSA) is 25.8 Å². The maximum absolute atomic E-state index is 5.36. The molecule has 0 N–H and O–H groups in total. The summed E-state index contributed by atoms with van der Waals surface area (Å²) in [4.78, 5) is 10.7. The predicted octanol–water partition coefficient (Wildman–Crippen LogP) is 13.2. The molecule has 9 aromatic rings. The highest BCUT2D eigenvalue weighted by Crippen LogP contribution is 2.61. The van der Waals surface area contributed by atoms with Gasteiger partial charge in [0.1, 0.15) is 0 Å². The van der Waals surface area contributed by atoms with Gasteiger partial charge in [-0.3, -0.25) is 0 Å². The van der Waals surface area contributed by atoms with Crippen molar-refractivity contribution in [1.29, 1.82) is 0 Å². The minimum absolute atomic E-state index is 0.568. The Hall–Kier alpha value is -7.16. The molecule has 0 aliphatic heterocycles. The van der Waals surface area contributed by atoms with Crippen molar-refractivity contribution in [3.05, 3.63) is 229 Å². The lowest BCUT2D eigenvalue weighted by Gasteiger charge is -2.35. The zero-order chi connectivity index (χ0) is 36.3. The molecule has 1 aromatic heterocycles. The van der Waals surface area contributed by atoms with E-state index in [1.807, 2.05) is 6.07 Å². The van der Waals surface area contributed by atoms with Gasteiger partial charge in [0.25, 0.3) is 0 Å². The van der Waals surface area contributed by atoms with Crippen LogP contribution < -0.4 is 0 Å². The first-order chi connectivity index (χ1) is 27.3. The zero-order valence-corrected chi connectivity index (χ0v) is 30.0. The first-order valence-electron chi connectivity index (χ1n) is 18.9. The number of aromatic nitrogens is 2. The lowest BCUT2D eigenvalue weighted by molar-refractivity contribution is 0.775. The molecular formula is C53H34N2. The summed E-state index contributed by atoms with van der Waals surface area (Å²) in [6.45, 7) is 0. The third-order valence-electron chi connectivity index (χ3n) is 11.6. The molecule has 8 aromatic carbocycles. The van der Waals surface area contributed by atoms with Crippen molar-refractivity contribution >= 4 is 0 Å². The molecule has 0 radical (unpaired) electrons. The summed E-state index contributed by atoms with van der Waals surface area (Å²) in [7, 11) is 0. The number of nitrogens with zero attached hydrogens (tertiary/aromatic N) is 2. The molecule has 0 saturated carbocycles. The fraction of sp³-hybridized carbons (Fsp3) is 0.0189. The van der Waals surface area contributed by atoms with E-state index in [9.17, 15) is 0 Å². The van der Waals surface area contributed by atoms with E-state index >= 15 is 0 Å². The van der Waals surface area contributed by atoms with Gasteiger partial charge in [0.05, 0.1) is 16.8 Å². The van der Waals surface area contributed by atoms with Crippen LogP contribution in [0.3, 0.4) is 0 Å². The summed E-state index contributed by atoms with van der Waals surface area (Å²) in [5.41, 5.74) is 19.3. The Morgan fingerprint density at radius 3 is 1.16 bits per heavy atom. The Balaban J connectivity index is 1.18. The normalized spacial score (nSPS) is 12.9. The summed E-state index contributed by atoms with van der Waals surface area (Å²) in [6, 6.07) is 74.6. The maximum atomic E-state index is 5.36. The predicted molar refractivity (Wildman–Crippen MR) is 226 cm³/mol. The minimum atomic E-state index is -0.568. The molecule has 256 valence electrons. The van der Waals surface area contributed by atoms with Crippen molar-refractivity contribution in [2.75, 3.05) is 0 Å². The first-order valence-corrected chi connectivity index (χ1v) is 18.9. The Kier molecular flexibility index (Phi) is 7.11. The van der Waals surface area contributed by atoms with E-state index in [1.165, 1.54) is 66.8 Å². The molecule has 0 saturated heterocycles. The van der Waals surface area contributed by atoms with E-state index in [0.717, 1.165) is 28.1 Å². The van der Waals surface area contributed by atoms with Crippen molar-refractivity contribution in [2.24, 2.45) is 0 Å². The highest BCUT2D eigenvalue weighted by Gasteiger charge is 2.49. The summed E-state index contributed by atoms with van der Waals surface area (Å²) < 4.78 is 0. The highest BCUT2D eigenvalue weighted by molar-refractivity contribution is 5.97. The number of hydrogen-bond acceptors (Lipinski definition) is 2. The smallest absolute Gasteiger partial charge is 0.160 e. The standard InChI is InChI=1S/C53H34N2/c1-3-15-35(16-4-1)36-27-29-38(30-28-36)51-34-50(37-17-5-2-6-18-37)54-52(55-51)39-31-32-45-41-20-8-7-19-40(41)42-21-9-12-24-46(42)53(49(45)33-39)47-25-13-10-22-43(47)44-23-11-14-26-48(44)53/h1-34H. The average Bonchev–Trinajstić information content (AvgIpc) is 3.52. The molecule has 0 amide bonds. The molecule has 2 heteroatoms. The lowest BCUT2D eigenvalue weighted by atomic mass is 9.65. The second kappa shape index (κ2) is 12.5. The van der Waals surface area contributed by atoms with Crippen LogP contribution in [0.2, 0.25) is 0 Å². The van der Waals surface area contributed by atoms with Gasteiger partial charge >= 0.3 is 0 Å². The van der Waals surface area contributed by atoms with Gasteiger partial charge in [0.2, 0.25) is 0 Å². The van der Waals surface area contributed by atoms with E-state index in [4.69, 9.17) is 9.97 Å². The van der Waals surface area contributed by atoms with E-state index in [0.29, 0.717) is 5.82 Å². The van der Waals surface area contributed by atoms with E-state index in [2.05, 4.69) is 200 Å². The van der Waals surface area contributed by atoms with Crippen LogP contribution in [-0.2, 0) is 5.41 Å². The number of benzene rings is 8. The van der Waals surface area contributed by atoms with E-state index in [-0.39, 0.29) is 0 Å². The molecule has 55 heavy (non-hydrogen) atoms. The molecule has 2 nitrogen and oxygen atoms in total. The fourth-order valence-electron chi connectivity index (χ4n) is 9.13. The third kappa shape index (κ3) is 4.82. The van der Waals surface area contributed by atoms with Crippen molar-refractivity contribution in [3.8, 4) is 78.4 Å². The molecule has 0 fully saturated rings. The SMILES string of the molecule is c1ccc(-c2ccc(-c3cc(-c4ccccc4)nc(-c4ccc5c(c4)C4(c6ccccc6-c6ccccc6-5)c5ccccc5-c5ccccc54)n3)cc2)cc1. The quantitative estimate of drug-likeness (QED) is 0.183. The summed E-state index contributed by atoms with van der Waals surface area (Å²) in [5.74, 6) is 0.701. The van der Waals surface area contributed by atoms with Gasteiger partial charge in [0.15, 0.2) is 5.82 Å². The molecule has 2 aliphatic rings. The van der Waals surface area contributed by atoms with Crippen molar-refractivity contribution in [1.82, 2.24) is 9.97 Å². The molecule has 0 bridgehead atoms. The number of rotatable bonds is 4. The van der Waals surface area contributed by atoms with Crippen LogP contribution in [-0.4, -0.2) is 9.97 Å². The largest absolute Gasteiger partial charge is 0.228 e.